The van der Waals surface area contributed by atoms with Gasteiger partial charge in [0.05, 0.1) is 0 Å². The molecular weight excluding hydrogens is 198 g/mol. The molecule has 0 aromatic rings. The van der Waals surface area contributed by atoms with Gasteiger partial charge in [-0.15, -0.1) is 0 Å². The fraction of sp³-hybridized carbons (Fsp3) is 1.00. The van der Waals surface area contributed by atoms with E-state index in [0.717, 1.165) is 26.1 Å². The van der Waals surface area contributed by atoms with Gasteiger partial charge in [-0.05, 0) is 39.4 Å². The summed E-state index contributed by atoms with van der Waals surface area (Å²) >= 11 is 0. The molecule has 0 rings (SSSR count). The van der Waals surface area contributed by atoms with E-state index in [0.29, 0.717) is 12.0 Å². The molecule has 0 saturated heterocycles. The second-order valence-corrected chi connectivity index (χ2v) is 5.49. The van der Waals surface area contributed by atoms with Gasteiger partial charge in [0.15, 0.2) is 0 Å². The first kappa shape index (κ1) is 15.9. The summed E-state index contributed by atoms with van der Waals surface area (Å²) in [5.41, 5.74) is 6.16. The molecule has 0 aliphatic rings. The molecule has 98 valence electrons. The van der Waals surface area contributed by atoms with Gasteiger partial charge in [-0.25, -0.2) is 0 Å². The van der Waals surface area contributed by atoms with Gasteiger partial charge in [-0.1, -0.05) is 20.8 Å². The van der Waals surface area contributed by atoms with Crippen LogP contribution < -0.4 is 5.73 Å². The zero-order valence-corrected chi connectivity index (χ0v) is 11.9. The Morgan fingerprint density at radius 1 is 1.06 bits per heavy atom. The maximum atomic E-state index is 6.16. The summed E-state index contributed by atoms with van der Waals surface area (Å²) in [5.74, 6) is 0.701. The molecule has 0 aliphatic carbocycles. The van der Waals surface area contributed by atoms with Gasteiger partial charge in [0, 0.05) is 25.7 Å². The van der Waals surface area contributed by atoms with Crippen LogP contribution in [0.4, 0.5) is 0 Å². The lowest BCUT2D eigenvalue weighted by Gasteiger charge is -2.27. The third-order valence-electron chi connectivity index (χ3n) is 2.67. The van der Waals surface area contributed by atoms with E-state index in [-0.39, 0.29) is 0 Å². The van der Waals surface area contributed by atoms with Crippen LogP contribution in [0.15, 0.2) is 0 Å². The minimum atomic E-state index is 0.328. The highest BCUT2D eigenvalue weighted by Crippen LogP contribution is 2.05. The van der Waals surface area contributed by atoms with Gasteiger partial charge in [-0.2, -0.15) is 0 Å². The van der Waals surface area contributed by atoms with Crippen molar-refractivity contribution in [1.29, 1.82) is 0 Å². The minimum absolute atomic E-state index is 0.328. The summed E-state index contributed by atoms with van der Waals surface area (Å²) in [6, 6.07) is 0.328. The Morgan fingerprint density at radius 2 is 1.69 bits per heavy atom. The van der Waals surface area contributed by atoms with Gasteiger partial charge in [0.2, 0.25) is 0 Å². The van der Waals surface area contributed by atoms with Crippen LogP contribution >= 0.6 is 0 Å². The van der Waals surface area contributed by atoms with Crippen molar-refractivity contribution in [3.63, 3.8) is 0 Å². The first-order valence-corrected chi connectivity index (χ1v) is 6.58. The molecule has 0 aliphatic heterocycles. The molecule has 0 fully saturated rings. The third-order valence-corrected chi connectivity index (χ3v) is 2.67. The Hall–Kier alpha value is -0.120. The fourth-order valence-corrected chi connectivity index (χ4v) is 1.96. The molecular formula is C13H31N3. The Bertz CT molecular complexity index is 157. The molecule has 16 heavy (non-hydrogen) atoms. The second-order valence-electron chi connectivity index (χ2n) is 5.49. The Morgan fingerprint density at radius 3 is 2.12 bits per heavy atom. The Balaban J connectivity index is 3.90. The van der Waals surface area contributed by atoms with Crippen molar-refractivity contribution in [2.45, 2.75) is 39.7 Å². The van der Waals surface area contributed by atoms with E-state index in [9.17, 15) is 0 Å². The largest absolute Gasteiger partial charge is 0.327 e. The zero-order valence-electron chi connectivity index (χ0n) is 11.9. The molecule has 0 aromatic carbocycles. The van der Waals surface area contributed by atoms with Crippen LogP contribution in [-0.4, -0.2) is 56.1 Å². The van der Waals surface area contributed by atoms with Gasteiger partial charge >= 0.3 is 0 Å². The summed E-state index contributed by atoms with van der Waals surface area (Å²) in [4.78, 5) is 4.73. The normalized spacial score (nSPS) is 14.1. The van der Waals surface area contributed by atoms with Crippen LogP contribution in [0.5, 0.6) is 0 Å². The minimum Gasteiger partial charge on any atom is -0.327 e. The lowest BCUT2D eigenvalue weighted by Crippen LogP contribution is -2.41. The lowest BCUT2D eigenvalue weighted by atomic mass is 10.0. The quantitative estimate of drug-likeness (QED) is 0.652. The molecule has 0 radical (unpaired) electrons. The highest BCUT2D eigenvalue weighted by atomic mass is 15.2. The molecule has 0 heterocycles. The molecule has 0 aromatic heterocycles. The van der Waals surface area contributed by atoms with Crippen LogP contribution in [-0.2, 0) is 0 Å². The van der Waals surface area contributed by atoms with Crippen LogP contribution in [0.3, 0.4) is 0 Å². The fourth-order valence-electron chi connectivity index (χ4n) is 1.96. The van der Waals surface area contributed by atoms with Gasteiger partial charge in [-0.3, -0.25) is 0 Å². The number of nitrogens with zero attached hydrogens (tertiary/aromatic N) is 2. The van der Waals surface area contributed by atoms with E-state index in [1.54, 1.807) is 0 Å². The molecule has 0 spiro atoms. The molecule has 0 bridgehead atoms. The zero-order chi connectivity index (χ0) is 12.6. The van der Waals surface area contributed by atoms with E-state index >= 15 is 0 Å². The first-order chi connectivity index (χ1) is 7.45. The van der Waals surface area contributed by atoms with E-state index in [1.807, 2.05) is 0 Å². The number of nitrogens with two attached hydrogens (primary N) is 1. The maximum absolute atomic E-state index is 6.16. The third kappa shape index (κ3) is 9.13. The van der Waals surface area contributed by atoms with E-state index in [1.165, 1.54) is 13.0 Å². The van der Waals surface area contributed by atoms with Gasteiger partial charge < -0.3 is 15.5 Å². The Labute approximate surface area is 102 Å². The van der Waals surface area contributed by atoms with Crippen molar-refractivity contribution in [1.82, 2.24) is 9.80 Å². The van der Waals surface area contributed by atoms with Crippen molar-refractivity contribution in [2.75, 3.05) is 40.3 Å². The van der Waals surface area contributed by atoms with Gasteiger partial charge in [0.25, 0.3) is 0 Å². The highest BCUT2D eigenvalue weighted by Gasteiger charge is 2.11. The summed E-state index contributed by atoms with van der Waals surface area (Å²) in [5, 5.41) is 0. The molecule has 1 atom stereocenters. The molecule has 3 nitrogen and oxygen atoms in total. The molecule has 0 amide bonds. The van der Waals surface area contributed by atoms with Crippen LogP contribution in [0.1, 0.15) is 33.6 Å². The molecule has 0 saturated carbocycles. The number of hydrogen-bond donors (Lipinski definition) is 1. The van der Waals surface area contributed by atoms with Crippen molar-refractivity contribution in [3.8, 4) is 0 Å². The monoisotopic (exact) mass is 229 g/mol. The first-order valence-electron chi connectivity index (χ1n) is 6.58. The van der Waals surface area contributed by atoms with Crippen molar-refractivity contribution in [3.05, 3.63) is 0 Å². The summed E-state index contributed by atoms with van der Waals surface area (Å²) in [7, 11) is 4.25. The van der Waals surface area contributed by atoms with E-state index in [2.05, 4.69) is 44.7 Å². The Kier molecular flexibility index (Phi) is 8.90. The number of hydrogen-bond acceptors (Lipinski definition) is 3. The van der Waals surface area contributed by atoms with E-state index < -0.39 is 0 Å². The topological polar surface area (TPSA) is 32.5 Å². The van der Waals surface area contributed by atoms with Crippen LogP contribution in [0, 0.1) is 5.92 Å². The standard InChI is InChI=1S/C13H31N3/c1-6-7-16(9-8-15(4)5)11-13(14)10-12(2)3/h12-13H,6-11,14H2,1-5H3. The lowest BCUT2D eigenvalue weighted by molar-refractivity contribution is 0.221. The maximum Gasteiger partial charge on any atom is 0.0170 e. The second kappa shape index (κ2) is 8.97. The average Bonchev–Trinajstić information content (AvgIpc) is 2.13. The molecule has 2 N–H and O–H groups in total. The van der Waals surface area contributed by atoms with Crippen LogP contribution in [0.25, 0.3) is 0 Å². The summed E-state index contributed by atoms with van der Waals surface area (Å²) in [6.07, 6.45) is 2.34. The van der Waals surface area contributed by atoms with Crippen molar-refractivity contribution in [2.24, 2.45) is 11.7 Å². The average molecular weight is 229 g/mol. The smallest absolute Gasteiger partial charge is 0.0170 e. The predicted octanol–water partition coefficient (Wildman–Crippen LogP) is 1.63. The SMILES string of the molecule is CCCN(CCN(C)C)CC(N)CC(C)C. The van der Waals surface area contributed by atoms with Crippen LogP contribution in [0.2, 0.25) is 0 Å². The summed E-state index contributed by atoms with van der Waals surface area (Å²) < 4.78 is 0. The highest BCUT2D eigenvalue weighted by molar-refractivity contribution is 4.70. The number of likely N-dealkylation sites (N-methyl/N-ethyl adjacent to an activating group) is 1. The molecule has 3 heteroatoms. The van der Waals surface area contributed by atoms with Crippen molar-refractivity contribution >= 4 is 0 Å². The molecule has 1 unspecified atom stereocenters. The van der Waals surface area contributed by atoms with E-state index in [4.69, 9.17) is 5.73 Å². The number of rotatable bonds is 9. The van der Waals surface area contributed by atoms with Gasteiger partial charge in [0.1, 0.15) is 0 Å². The predicted molar refractivity (Wildman–Crippen MR) is 72.7 cm³/mol. The van der Waals surface area contributed by atoms with Crippen molar-refractivity contribution < 1.29 is 0 Å². The summed E-state index contributed by atoms with van der Waals surface area (Å²) in [6.45, 7) is 11.2.